The number of hydrogen-bond donors (Lipinski definition) is 1. The number of anilines is 1. The summed E-state index contributed by atoms with van der Waals surface area (Å²) in [5.74, 6) is -1.03. The summed E-state index contributed by atoms with van der Waals surface area (Å²) in [6.45, 7) is 5.06. The van der Waals surface area contributed by atoms with Crippen molar-refractivity contribution in [2.75, 3.05) is 58.3 Å². The maximum absolute atomic E-state index is 14.1. The third-order valence-electron chi connectivity index (χ3n) is 3.86. The molecule has 21 heavy (non-hydrogen) atoms. The summed E-state index contributed by atoms with van der Waals surface area (Å²) in [5.41, 5.74) is 6.00. The van der Waals surface area contributed by atoms with Crippen molar-refractivity contribution in [3.63, 3.8) is 0 Å². The van der Waals surface area contributed by atoms with Crippen LogP contribution in [0, 0.1) is 11.6 Å². The monoisotopic (exact) mass is 298 g/mol. The van der Waals surface area contributed by atoms with E-state index in [9.17, 15) is 8.78 Å². The summed E-state index contributed by atoms with van der Waals surface area (Å²) in [6, 6.07) is 2.66. The first-order valence-corrected chi connectivity index (χ1v) is 7.31. The standard InChI is InChI=1S/C15H24F2N4/c1-19(2)3-4-20-5-7-21(8-6-20)15-13(16)9-12(11-18)10-14(15)17/h9-10H,3-8,11,18H2,1-2H3. The van der Waals surface area contributed by atoms with Gasteiger partial charge in [0, 0.05) is 45.8 Å². The van der Waals surface area contributed by atoms with E-state index in [1.807, 2.05) is 14.1 Å². The molecule has 2 rings (SSSR count). The van der Waals surface area contributed by atoms with Crippen LogP contribution in [0.3, 0.4) is 0 Å². The lowest BCUT2D eigenvalue weighted by atomic mass is 10.1. The van der Waals surface area contributed by atoms with E-state index < -0.39 is 11.6 Å². The molecule has 0 aromatic heterocycles. The van der Waals surface area contributed by atoms with Crippen molar-refractivity contribution in [2.45, 2.75) is 6.54 Å². The molecule has 0 unspecified atom stereocenters. The maximum atomic E-state index is 14.1. The van der Waals surface area contributed by atoms with E-state index in [1.165, 1.54) is 12.1 Å². The van der Waals surface area contributed by atoms with Crippen molar-refractivity contribution >= 4 is 5.69 Å². The molecule has 1 aromatic rings. The number of nitrogens with two attached hydrogens (primary N) is 1. The number of benzene rings is 1. The second-order valence-electron chi connectivity index (χ2n) is 5.74. The molecular weight excluding hydrogens is 274 g/mol. The molecule has 4 nitrogen and oxygen atoms in total. The van der Waals surface area contributed by atoms with Gasteiger partial charge in [-0.15, -0.1) is 0 Å². The predicted molar refractivity (Wildman–Crippen MR) is 81.5 cm³/mol. The minimum atomic E-state index is -0.516. The summed E-state index contributed by atoms with van der Waals surface area (Å²) in [6.07, 6.45) is 0. The largest absolute Gasteiger partial charge is 0.364 e. The average Bonchev–Trinajstić information content (AvgIpc) is 2.45. The first kappa shape index (κ1) is 16.1. The Hall–Kier alpha value is -1.24. The SMILES string of the molecule is CN(C)CCN1CCN(c2c(F)cc(CN)cc2F)CC1. The fraction of sp³-hybridized carbons (Fsp3) is 0.600. The van der Waals surface area contributed by atoms with Gasteiger partial charge in [-0.05, 0) is 31.8 Å². The normalized spacial score (nSPS) is 16.8. The van der Waals surface area contributed by atoms with Crippen LogP contribution in [0.1, 0.15) is 5.56 Å². The molecule has 6 heteroatoms. The fourth-order valence-electron chi connectivity index (χ4n) is 2.57. The summed E-state index contributed by atoms with van der Waals surface area (Å²) in [4.78, 5) is 6.24. The fourth-order valence-corrected chi connectivity index (χ4v) is 2.57. The van der Waals surface area contributed by atoms with Crippen molar-refractivity contribution in [2.24, 2.45) is 5.73 Å². The molecule has 1 aliphatic rings. The third kappa shape index (κ3) is 4.12. The average molecular weight is 298 g/mol. The van der Waals surface area contributed by atoms with Gasteiger partial charge >= 0.3 is 0 Å². The van der Waals surface area contributed by atoms with Crippen LogP contribution in [0.15, 0.2) is 12.1 Å². The van der Waals surface area contributed by atoms with E-state index >= 15 is 0 Å². The summed E-state index contributed by atoms with van der Waals surface area (Å²) >= 11 is 0. The van der Waals surface area contributed by atoms with Crippen molar-refractivity contribution in [3.8, 4) is 0 Å². The van der Waals surface area contributed by atoms with Gasteiger partial charge < -0.3 is 15.5 Å². The molecule has 1 aromatic carbocycles. The Bertz CT molecular complexity index is 448. The lowest BCUT2D eigenvalue weighted by molar-refractivity contribution is 0.228. The van der Waals surface area contributed by atoms with Crippen molar-refractivity contribution in [1.82, 2.24) is 9.80 Å². The van der Waals surface area contributed by atoms with Gasteiger partial charge in [0.05, 0.1) is 0 Å². The smallest absolute Gasteiger partial charge is 0.149 e. The molecule has 0 spiro atoms. The summed E-state index contributed by atoms with van der Waals surface area (Å²) < 4.78 is 28.2. The minimum absolute atomic E-state index is 0.0828. The molecular formula is C15H24F2N4. The molecule has 1 saturated heterocycles. The van der Waals surface area contributed by atoms with Crippen molar-refractivity contribution < 1.29 is 8.78 Å². The first-order chi connectivity index (χ1) is 10.0. The van der Waals surface area contributed by atoms with Crippen molar-refractivity contribution in [3.05, 3.63) is 29.3 Å². The highest BCUT2D eigenvalue weighted by molar-refractivity contribution is 5.51. The number of hydrogen-bond acceptors (Lipinski definition) is 4. The van der Waals surface area contributed by atoms with Gasteiger partial charge in [-0.1, -0.05) is 0 Å². The molecule has 0 bridgehead atoms. The van der Waals surface area contributed by atoms with Gasteiger partial charge in [-0.2, -0.15) is 0 Å². The van der Waals surface area contributed by atoms with Gasteiger partial charge in [0.25, 0.3) is 0 Å². The number of piperazine rings is 1. The Morgan fingerprint density at radius 1 is 1.10 bits per heavy atom. The maximum Gasteiger partial charge on any atom is 0.149 e. The quantitative estimate of drug-likeness (QED) is 0.883. The molecule has 0 amide bonds. The van der Waals surface area contributed by atoms with E-state index in [0.29, 0.717) is 18.7 Å². The number of rotatable bonds is 5. The van der Waals surface area contributed by atoms with Gasteiger partial charge in [-0.3, -0.25) is 4.90 Å². The van der Waals surface area contributed by atoms with Gasteiger partial charge in [0.2, 0.25) is 0 Å². The van der Waals surface area contributed by atoms with Crippen LogP contribution in [-0.4, -0.2) is 63.2 Å². The first-order valence-electron chi connectivity index (χ1n) is 7.31. The van der Waals surface area contributed by atoms with E-state index in [1.54, 1.807) is 4.90 Å². The third-order valence-corrected chi connectivity index (χ3v) is 3.86. The van der Waals surface area contributed by atoms with Crippen LogP contribution in [0.2, 0.25) is 0 Å². The lowest BCUT2D eigenvalue weighted by Gasteiger charge is -2.36. The van der Waals surface area contributed by atoms with E-state index in [0.717, 1.165) is 26.2 Å². The Morgan fingerprint density at radius 2 is 1.67 bits per heavy atom. The van der Waals surface area contributed by atoms with E-state index in [4.69, 9.17) is 5.73 Å². The second kappa shape index (κ2) is 7.15. The van der Waals surface area contributed by atoms with Crippen LogP contribution in [0.4, 0.5) is 14.5 Å². The summed E-state index contributed by atoms with van der Waals surface area (Å²) in [7, 11) is 4.08. The second-order valence-corrected chi connectivity index (χ2v) is 5.74. The Kier molecular flexibility index (Phi) is 5.50. The summed E-state index contributed by atoms with van der Waals surface area (Å²) in [5, 5.41) is 0. The zero-order chi connectivity index (χ0) is 15.4. The molecule has 0 radical (unpaired) electrons. The van der Waals surface area contributed by atoms with Gasteiger partial charge in [0.1, 0.15) is 17.3 Å². The van der Waals surface area contributed by atoms with E-state index in [-0.39, 0.29) is 12.2 Å². The number of likely N-dealkylation sites (N-methyl/N-ethyl adjacent to an activating group) is 1. The molecule has 1 heterocycles. The van der Waals surface area contributed by atoms with Crippen LogP contribution in [0.5, 0.6) is 0 Å². The number of nitrogens with zero attached hydrogens (tertiary/aromatic N) is 3. The van der Waals surface area contributed by atoms with Crippen LogP contribution >= 0.6 is 0 Å². The predicted octanol–water partition coefficient (Wildman–Crippen LogP) is 1.11. The molecule has 0 atom stereocenters. The zero-order valence-electron chi connectivity index (χ0n) is 12.8. The molecule has 1 aliphatic heterocycles. The molecule has 2 N–H and O–H groups in total. The lowest BCUT2D eigenvalue weighted by Crippen LogP contribution is -2.48. The number of halogens is 2. The van der Waals surface area contributed by atoms with Gasteiger partial charge in [-0.25, -0.2) is 8.78 Å². The Balaban J connectivity index is 1.99. The Labute approximate surface area is 125 Å². The molecule has 0 saturated carbocycles. The highest BCUT2D eigenvalue weighted by Crippen LogP contribution is 2.26. The van der Waals surface area contributed by atoms with Crippen LogP contribution in [0.25, 0.3) is 0 Å². The van der Waals surface area contributed by atoms with Crippen LogP contribution in [-0.2, 0) is 6.54 Å². The zero-order valence-corrected chi connectivity index (χ0v) is 12.8. The molecule has 1 fully saturated rings. The van der Waals surface area contributed by atoms with Crippen LogP contribution < -0.4 is 10.6 Å². The molecule has 118 valence electrons. The molecule has 0 aliphatic carbocycles. The Morgan fingerprint density at radius 3 is 2.14 bits per heavy atom. The van der Waals surface area contributed by atoms with Gasteiger partial charge in [0.15, 0.2) is 0 Å². The topological polar surface area (TPSA) is 35.7 Å². The highest BCUT2D eigenvalue weighted by atomic mass is 19.1. The minimum Gasteiger partial charge on any atom is -0.364 e. The van der Waals surface area contributed by atoms with E-state index in [2.05, 4.69) is 9.80 Å². The highest BCUT2D eigenvalue weighted by Gasteiger charge is 2.22. The van der Waals surface area contributed by atoms with Crippen molar-refractivity contribution in [1.29, 1.82) is 0 Å².